The van der Waals surface area contributed by atoms with Gasteiger partial charge in [0.05, 0.1) is 29.5 Å². The van der Waals surface area contributed by atoms with Crippen LogP contribution in [0.25, 0.3) is 0 Å². The zero-order chi connectivity index (χ0) is 15.9. The number of nitrogens with one attached hydrogen (secondary N) is 2. The third-order valence-electron chi connectivity index (χ3n) is 3.16. The molecule has 23 heavy (non-hydrogen) atoms. The summed E-state index contributed by atoms with van der Waals surface area (Å²) in [6.07, 6.45) is 0.974. The molecule has 0 spiro atoms. The molecule has 2 aromatic heterocycles. The minimum Gasteiger partial charge on any atom is -0.359 e. The van der Waals surface area contributed by atoms with Gasteiger partial charge in [0.1, 0.15) is 0 Å². The first-order chi connectivity index (χ1) is 10.6. The van der Waals surface area contributed by atoms with Crippen LogP contribution in [-0.2, 0) is 19.5 Å². The van der Waals surface area contributed by atoms with E-state index >= 15 is 0 Å². The minimum atomic E-state index is 0. The SMILES string of the molecule is CCc1nc(CNC(=NC)NCc2cc(C(C)C)no2)cs1.I. The van der Waals surface area contributed by atoms with Gasteiger partial charge in [-0.05, 0) is 12.3 Å². The normalized spacial score (nSPS) is 11.4. The Labute approximate surface area is 158 Å². The Balaban J connectivity index is 0.00000264. The maximum Gasteiger partial charge on any atom is 0.191 e. The van der Waals surface area contributed by atoms with Crippen molar-refractivity contribution in [1.29, 1.82) is 0 Å². The number of aliphatic imine (C=N–C) groups is 1. The number of nitrogens with zero attached hydrogens (tertiary/aromatic N) is 3. The van der Waals surface area contributed by atoms with Gasteiger partial charge in [-0.25, -0.2) is 4.98 Å². The third-order valence-corrected chi connectivity index (χ3v) is 4.20. The highest BCUT2D eigenvalue weighted by Crippen LogP contribution is 2.13. The Morgan fingerprint density at radius 1 is 1.35 bits per heavy atom. The van der Waals surface area contributed by atoms with E-state index in [0.717, 1.165) is 28.6 Å². The van der Waals surface area contributed by atoms with Gasteiger partial charge >= 0.3 is 0 Å². The van der Waals surface area contributed by atoms with Crippen molar-refractivity contribution < 1.29 is 4.52 Å². The van der Waals surface area contributed by atoms with Gasteiger partial charge < -0.3 is 15.2 Å². The van der Waals surface area contributed by atoms with E-state index in [1.165, 1.54) is 0 Å². The highest BCUT2D eigenvalue weighted by Gasteiger charge is 2.08. The van der Waals surface area contributed by atoms with E-state index in [1.807, 2.05) is 6.07 Å². The van der Waals surface area contributed by atoms with Gasteiger partial charge in [0.2, 0.25) is 0 Å². The maximum absolute atomic E-state index is 5.30. The average Bonchev–Trinajstić information content (AvgIpc) is 3.16. The van der Waals surface area contributed by atoms with Crippen LogP contribution in [0.1, 0.15) is 48.8 Å². The van der Waals surface area contributed by atoms with E-state index in [0.29, 0.717) is 25.0 Å². The average molecular weight is 449 g/mol. The molecule has 2 rings (SSSR count). The Morgan fingerprint density at radius 3 is 2.65 bits per heavy atom. The molecule has 0 bridgehead atoms. The zero-order valence-electron chi connectivity index (χ0n) is 13.9. The minimum absolute atomic E-state index is 0. The number of halogens is 1. The number of guanidine groups is 1. The van der Waals surface area contributed by atoms with Gasteiger partial charge in [0.25, 0.3) is 0 Å². The summed E-state index contributed by atoms with van der Waals surface area (Å²) in [5, 5.41) is 13.7. The molecule has 8 heteroatoms. The summed E-state index contributed by atoms with van der Waals surface area (Å²) in [4.78, 5) is 8.72. The van der Waals surface area contributed by atoms with Crippen molar-refractivity contribution >= 4 is 41.3 Å². The molecule has 0 atom stereocenters. The van der Waals surface area contributed by atoms with Crippen LogP contribution in [0.4, 0.5) is 0 Å². The molecule has 0 saturated carbocycles. The molecule has 0 aliphatic heterocycles. The lowest BCUT2D eigenvalue weighted by Crippen LogP contribution is -2.36. The van der Waals surface area contributed by atoms with Gasteiger partial charge in [0, 0.05) is 18.5 Å². The summed E-state index contributed by atoms with van der Waals surface area (Å²) < 4.78 is 5.30. The molecule has 128 valence electrons. The molecular weight excluding hydrogens is 425 g/mol. The number of thiazole rings is 1. The Morgan fingerprint density at radius 2 is 2.09 bits per heavy atom. The van der Waals surface area contributed by atoms with Gasteiger partial charge in [-0.1, -0.05) is 25.9 Å². The van der Waals surface area contributed by atoms with Crippen molar-refractivity contribution in [2.24, 2.45) is 4.99 Å². The lowest BCUT2D eigenvalue weighted by molar-refractivity contribution is 0.372. The van der Waals surface area contributed by atoms with Crippen molar-refractivity contribution in [1.82, 2.24) is 20.8 Å². The van der Waals surface area contributed by atoms with Gasteiger partial charge in [-0.2, -0.15) is 0 Å². The van der Waals surface area contributed by atoms with Crippen LogP contribution in [0.15, 0.2) is 21.0 Å². The smallest absolute Gasteiger partial charge is 0.191 e. The summed E-state index contributed by atoms with van der Waals surface area (Å²) >= 11 is 1.69. The Kier molecular flexibility index (Phi) is 8.53. The highest BCUT2D eigenvalue weighted by atomic mass is 127. The second-order valence-electron chi connectivity index (χ2n) is 5.24. The van der Waals surface area contributed by atoms with Gasteiger partial charge in [-0.15, -0.1) is 35.3 Å². The standard InChI is InChI=1S/C15H23N5OS.HI/c1-5-14-19-11(9-22-14)7-17-15(16-4)18-8-12-6-13(10(2)3)20-21-12;/h6,9-10H,5,7-8H2,1-4H3,(H2,16,17,18);1H. The largest absolute Gasteiger partial charge is 0.359 e. The molecule has 0 saturated heterocycles. The van der Waals surface area contributed by atoms with Crippen LogP contribution in [0.2, 0.25) is 0 Å². The molecule has 0 aromatic carbocycles. The predicted molar refractivity (Wildman–Crippen MR) is 105 cm³/mol. The van der Waals surface area contributed by atoms with E-state index in [2.05, 4.69) is 51.9 Å². The van der Waals surface area contributed by atoms with Crippen molar-refractivity contribution in [2.75, 3.05) is 7.05 Å². The number of hydrogen-bond acceptors (Lipinski definition) is 5. The van der Waals surface area contributed by atoms with Crippen molar-refractivity contribution in [2.45, 2.75) is 46.2 Å². The molecule has 0 amide bonds. The number of aromatic nitrogens is 2. The monoisotopic (exact) mass is 449 g/mol. The summed E-state index contributed by atoms with van der Waals surface area (Å²) in [6, 6.07) is 1.97. The van der Waals surface area contributed by atoms with E-state index in [4.69, 9.17) is 4.52 Å². The van der Waals surface area contributed by atoms with Gasteiger partial charge in [0.15, 0.2) is 11.7 Å². The molecule has 6 nitrogen and oxygen atoms in total. The summed E-state index contributed by atoms with van der Waals surface area (Å²) in [7, 11) is 1.74. The van der Waals surface area contributed by atoms with E-state index in [9.17, 15) is 0 Å². The van der Waals surface area contributed by atoms with E-state index in [1.54, 1.807) is 18.4 Å². The predicted octanol–water partition coefficient (Wildman–Crippen LogP) is 3.30. The van der Waals surface area contributed by atoms with Crippen molar-refractivity contribution in [3.63, 3.8) is 0 Å². The third kappa shape index (κ3) is 6.09. The first kappa shape index (κ1) is 19.9. The maximum atomic E-state index is 5.30. The Bertz CT molecular complexity index is 623. The summed E-state index contributed by atoms with van der Waals surface area (Å²) in [5.41, 5.74) is 2.00. The molecule has 0 unspecified atom stereocenters. The fourth-order valence-corrected chi connectivity index (χ4v) is 2.59. The topological polar surface area (TPSA) is 75.3 Å². The molecule has 0 fully saturated rings. The molecule has 2 heterocycles. The molecule has 0 radical (unpaired) electrons. The number of aryl methyl sites for hydroxylation is 1. The second kappa shape index (κ2) is 9.86. The van der Waals surface area contributed by atoms with E-state index in [-0.39, 0.29) is 24.0 Å². The van der Waals surface area contributed by atoms with Crippen LogP contribution >= 0.6 is 35.3 Å². The fraction of sp³-hybridized carbons (Fsp3) is 0.533. The first-order valence-electron chi connectivity index (χ1n) is 7.45. The quantitative estimate of drug-likeness (QED) is 0.402. The van der Waals surface area contributed by atoms with Gasteiger partial charge in [-0.3, -0.25) is 4.99 Å². The van der Waals surface area contributed by atoms with Crippen LogP contribution in [-0.4, -0.2) is 23.1 Å². The second-order valence-corrected chi connectivity index (χ2v) is 6.18. The zero-order valence-corrected chi connectivity index (χ0v) is 17.1. The van der Waals surface area contributed by atoms with Crippen LogP contribution in [0.5, 0.6) is 0 Å². The molecular formula is C15H24IN5OS. The lowest BCUT2D eigenvalue weighted by atomic mass is 10.1. The Hall–Kier alpha value is -1.16. The van der Waals surface area contributed by atoms with Crippen LogP contribution in [0, 0.1) is 0 Å². The molecule has 0 aliphatic carbocycles. The number of rotatable bonds is 6. The fourth-order valence-electron chi connectivity index (χ4n) is 1.84. The highest BCUT2D eigenvalue weighted by molar-refractivity contribution is 14.0. The van der Waals surface area contributed by atoms with E-state index < -0.39 is 0 Å². The van der Waals surface area contributed by atoms with Crippen molar-refractivity contribution in [3.8, 4) is 0 Å². The molecule has 2 aromatic rings. The van der Waals surface area contributed by atoms with Crippen LogP contribution in [0.3, 0.4) is 0 Å². The lowest BCUT2D eigenvalue weighted by Gasteiger charge is -2.09. The summed E-state index contributed by atoms with van der Waals surface area (Å²) in [6.45, 7) is 7.50. The summed E-state index contributed by atoms with van der Waals surface area (Å²) in [5.74, 6) is 1.88. The molecule has 2 N–H and O–H groups in total. The number of hydrogen-bond donors (Lipinski definition) is 2. The molecule has 0 aliphatic rings. The first-order valence-corrected chi connectivity index (χ1v) is 8.33. The van der Waals surface area contributed by atoms with Crippen molar-refractivity contribution in [3.05, 3.63) is 33.6 Å². The van der Waals surface area contributed by atoms with Crippen LogP contribution < -0.4 is 10.6 Å².